The standard InChI is InChI=1S/C66H55NS/c1-63(2,3)40-28-32-45-46-33-29-41(64(4,5)6)37-58(46)66(57(45)36-40)54-24-14-9-18-44(54)51-38-42(30-34-55(51)66)67(43-31-35-61-52(39-43)48-20-12-16-27-60(48)68-61)59-26-15-11-19-47(59)49-22-17-25-56-62(49)50-21-10-13-23-53(50)65(56,7)8/h9-39H,1-8H3. The molecule has 3 aliphatic rings. The first-order chi connectivity index (χ1) is 32.7. The van der Waals surface area contributed by atoms with Gasteiger partial charge in [0.25, 0.3) is 0 Å². The Bertz CT molecular complexity index is 3690. The van der Waals surface area contributed by atoms with Gasteiger partial charge in [0.2, 0.25) is 0 Å². The Morgan fingerprint density at radius 3 is 1.62 bits per heavy atom. The molecule has 0 amide bonds. The number of anilines is 3. The smallest absolute Gasteiger partial charge is 0.0725 e. The fourth-order valence-electron chi connectivity index (χ4n) is 12.4. The normalized spacial score (nSPS) is 14.7. The summed E-state index contributed by atoms with van der Waals surface area (Å²) in [4.78, 5) is 2.55. The van der Waals surface area contributed by atoms with Gasteiger partial charge in [0.15, 0.2) is 0 Å². The average Bonchev–Trinajstić information content (AvgIpc) is 4.02. The third kappa shape index (κ3) is 5.68. The molecular weight excluding hydrogens is 839 g/mol. The summed E-state index contributed by atoms with van der Waals surface area (Å²) >= 11 is 1.87. The van der Waals surface area contributed by atoms with E-state index < -0.39 is 5.41 Å². The second kappa shape index (κ2) is 14.3. The van der Waals surface area contributed by atoms with Crippen molar-refractivity contribution in [3.8, 4) is 44.5 Å². The van der Waals surface area contributed by atoms with E-state index in [-0.39, 0.29) is 16.2 Å². The Labute approximate surface area is 405 Å². The van der Waals surface area contributed by atoms with Gasteiger partial charge in [0, 0.05) is 42.5 Å². The van der Waals surface area contributed by atoms with Crippen LogP contribution < -0.4 is 4.90 Å². The second-order valence-corrected chi connectivity index (χ2v) is 23.2. The quantitative estimate of drug-likeness (QED) is 0.170. The predicted octanol–water partition coefficient (Wildman–Crippen LogP) is 18.4. The lowest BCUT2D eigenvalue weighted by molar-refractivity contribution is 0.586. The molecule has 0 atom stereocenters. The van der Waals surface area contributed by atoms with Crippen LogP contribution in [0.3, 0.4) is 0 Å². The van der Waals surface area contributed by atoms with Crippen molar-refractivity contribution in [3.05, 3.63) is 233 Å². The summed E-state index contributed by atoms with van der Waals surface area (Å²) in [5, 5.41) is 2.59. The van der Waals surface area contributed by atoms with Crippen LogP contribution >= 0.6 is 11.3 Å². The molecule has 1 nitrogen and oxygen atoms in total. The molecule has 0 unspecified atom stereocenters. The van der Waals surface area contributed by atoms with Crippen molar-refractivity contribution in [2.75, 3.05) is 4.90 Å². The SMILES string of the molecule is CC(C)(C)c1ccc2c(c1)C1(c3ccccc3-c3cc(N(c4ccc5sc6ccccc6c5c4)c4ccccc4-c4cccc5c4-c4ccccc4C5(C)C)ccc31)c1cc(C(C)(C)C)ccc1-2. The van der Waals surface area contributed by atoms with Crippen molar-refractivity contribution in [3.63, 3.8) is 0 Å². The molecule has 1 heterocycles. The molecule has 1 aromatic heterocycles. The van der Waals surface area contributed by atoms with Crippen LogP contribution in [0.1, 0.15) is 99.9 Å². The van der Waals surface area contributed by atoms with Gasteiger partial charge in [-0.25, -0.2) is 0 Å². The first-order valence-corrected chi connectivity index (χ1v) is 25.2. The van der Waals surface area contributed by atoms with Crippen molar-refractivity contribution >= 4 is 48.6 Å². The number of hydrogen-bond donors (Lipinski definition) is 0. The molecule has 9 aromatic carbocycles. The zero-order valence-electron chi connectivity index (χ0n) is 40.3. The maximum absolute atomic E-state index is 2.55. The number of rotatable bonds is 4. The van der Waals surface area contributed by atoms with Crippen LogP contribution in [-0.4, -0.2) is 0 Å². The molecule has 13 rings (SSSR count). The number of fused-ring (bicyclic) bond motifs is 16. The lowest BCUT2D eigenvalue weighted by atomic mass is 9.69. The lowest BCUT2D eigenvalue weighted by Gasteiger charge is -2.33. The maximum Gasteiger partial charge on any atom is 0.0725 e. The summed E-state index contributed by atoms with van der Waals surface area (Å²) in [6.45, 7) is 18.8. The van der Waals surface area contributed by atoms with E-state index in [2.05, 4.69) is 248 Å². The second-order valence-electron chi connectivity index (χ2n) is 22.1. The summed E-state index contributed by atoms with van der Waals surface area (Å²) in [7, 11) is 0. The Hall–Kier alpha value is -7.00. The van der Waals surface area contributed by atoms with Gasteiger partial charge < -0.3 is 4.90 Å². The Morgan fingerprint density at radius 1 is 0.368 bits per heavy atom. The van der Waals surface area contributed by atoms with Gasteiger partial charge in [-0.05, 0) is 137 Å². The number of thiophene rings is 1. The molecule has 0 N–H and O–H groups in total. The van der Waals surface area contributed by atoms with Crippen LogP contribution in [0.25, 0.3) is 64.7 Å². The molecule has 0 fully saturated rings. The molecule has 2 heteroatoms. The fourth-order valence-corrected chi connectivity index (χ4v) is 13.5. The van der Waals surface area contributed by atoms with Crippen molar-refractivity contribution in [2.45, 2.75) is 77.0 Å². The number of benzene rings is 9. The molecule has 68 heavy (non-hydrogen) atoms. The number of para-hydroxylation sites is 1. The van der Waals surface area contributed by atoms with Crippen LogP contribution in [-0.2, 0) is 21.7 Å². The Morgan fingerprint density at radius 2 is 0.897 bits per heavy atom. The van der Waals surface area contributed by atoms with Gasteiger partial charge in [-0.2, -0.15) is 0 Å². The summed E-state index contributed by atoms with van der Waals surface area (Å²) in [6, 6.07) is 72.5. The molecule has 3 aliphatic carbocycles. The van der Waals surface area contributed by atoms with E-state index in [0.717, 1.165) is 17.1 Å². The van der Waals surface area contributed by atoms with E-state index in [1.54, 1.807) is 0 Å². The molecule has 0 saturated carbocycles. The van der Waals surface area contributed by atoms with E-state index in [0.29, 0.717) is 0 Å². The van der Waals surface area contributed by atoms with Crippen LogP contribution in [0, 0.1) is 0 Å². The Balaban J connectivity index is 1.09. The van der Waals surface area contributed by atoms with E-state index in [9.17, 15) is 0 Å². The zero-order chi connectivity index (χ0) is 46.5. The van der Waals surface area contributed by atoms with Crippen molar-refractivity contribution < 1.29 is 0 Å². The zero-order valence-corrected chi connectivity index (χ0v) is 41.1. The van der Waals surface area contributed by atoms with Gasteiger partial charge in [0.1, 0.15) is 0 Å². The molecule has 1 spiro atoms. The van der Waals surface area contributed by atoms with Gasteiger partial charge in [-0.15, -0.1) is 11.3 Å². The number of hydrogen-bond acceptors (Lipinski definition) is 2. The third-order valence-corrected chi connectivity index (χ3v) is 17.0. The summed E-state index contributed by atoms with van der Waals surface area (Å²) < 4.78 is 2.61. The Kier molecular flexibility index (Phi) is 8.64. The summed E-state index contributed by atoms with van der Waals surface area (Å²) in [6.07, 6.45) is 0. The molecule has 0 aliphatic heterocycles. The summed E-state index contributed by atoms with van der Waals surface area (Å²) in [5.41, 5.74) is 24.3. The topological polar surface area (TPSA) is 3.24 Å². The van der Waals surface area contributed by atoms with Gasteiger partial charge >= 0.3 is 0 Å². The molecule has 330 valence electrons. The first kappa shape index (κ1) is 41.2. The van der Waals surface area contributed by atoms with Crippen LogP contribution in [0.5, 0.6) is 0 Å². The highest BCUT2D eigenvalue weighted by Crippen LogP contribution is 2.64. The van der Waals surface area contributed by atoms with E-state index in [1.807, 2.05) is 11.3 Å². The number of nitrogens with zero attached hydrogens (tertiary/aromatic N) is 1. The monoisotopic (exact) mass is 893 g/mol. The van der Waals surface area contributed by atoms with Crippen LogP contribution in [0.15, 0.2) is 188 Å². The summed E-state index contributed by atoms with van der Waals surface area (Å²) in [5.74, 6) is 0. The molecule has 0 radical (unpaired) electrons. The predicted molar refractivity (Wildman–Crippen MR) is 291 cm³/mol. The highest BCUT2D eigenvalue weighted by Gasteiger charge is 2.52. The van der Waals surface area contributed by atoms with Gasteiger partial charge in [-0.3, -0.25) is 0 Å². The highest BCUT2D eigenvalue weighted by atomic mass is 32.1. The van der Waals surface area contributed by atoms with Crippen molar-refractivity contribution in [2.24, 2.45) is 0 Å². The minimum Gasteiger partial charge on any atom is -0.310 e. The highest BCUT2D eigenvalue weighted by molar-refractivity contribution is 7.25. The van der Waals surface area contributed by atoms with E-state index in [4.69, 9.17) is 0 Å². The van der Waals surface area contributed by atoms with Crippen molar-refractivity contribution in [1.29, 1.82) is 0 Å². The molecule has 10 aromatic rings. The minimum absolute atomic E-state index is 0.00808. The van der Waals surface area contributed by atoms with E-state index >= 15 is 0 Å². The minimum atomic E-state index is -0.473. The van der Waals surface area contributed by atoms with Gasteiger partial charge in [-0.1, -0.05) is 201 Å². The van der Waals surface area contributed by atoms with Crippen molar-refractivity contribution in [1.82, 2.24) is 0 Å². The maximum atomic E-state index is 2.55. The molecule has 0 bridgehead atoms. The lowest BCUT2D eigenvalue weighted by Crippen LogP contribution is -2.27. The van der Waals surface area contributed by atoms with Gasteiger partial charge in [0.05, 0.1) is 11.1 Å². The largest absolute Gasteiger partial charge is 0.310 e. The van der Waals surface area contributed by atoms with E-state index in [1.165, 1.54) is 109 Å². The van der Waals surface area contributed by atoms with Crippen LogP contribution in [0.4, 0.5) is 17.1 Å². The average molecular weight is 894 g/mol. The first-order valence-electron chi connectivity index (χ1n) is 24.3. The fraction of sp³-hybridized carbons (Fsp3) is 0.182. The molecule has 0 saturated heterocycles. The van der Waals surface area contributed by atoms with Crippen LogP contribution in [0.2, 0.25) is 0 Å². The molecular formula is C66H55NS. The third-order valence-electron chi connectivity index (χ3n) is 15.8.